The quantitative estimate of drug-likeness (QED) is 0.545. The van der Waals surface area contributed by atoms with Crippen molar-refractivity contribution in [1.82, 2.24) is 25.1 Å². The van der Waals surface area contributed by atoms with Gasteiger partial charge in [0, 0.05) is 36.6 Å². The fourth-order valence-electron chi connectivity index (χ4n) is 4.35. The maximum atomic E-state index is 6.01. The Balaban J connectivity index is 1.55. The maximum Gasteiger partial charge on any atom is 0.120 e. The average molecular weight is 400 g/mol. The van der Waals surface area contributed by atoms with Gasteiger partial charge in [-0.25, -0.2) is 4.98 Å². The normalized spacial score (nSPS) is 19.0. The molecule has 0 aliphatic carbocycles. The predicted molar refractivity (Wildman–Crippen MR) is 119 cm³/mol. The number of rotatable bonds is 4. The summed E-state index contributed by atoms with van der Waals surface area (Å²) >= 11 is 0. The summed E-state index contributed by atoms with van der Waals surface area (Å²) in [7, 11) is 0. The van der Waals surface area contributed by atoms with Crippen molar-refractivity contribution in [1.29, 1.82) is 0 Å². The van der Waals surface area contributed by atoms with Gasteiger partial charge in [0.25, 0.3) is 0 Å². The van der Waals surface area contributed by atoms with Crippen molar-refractivity contribution in [2.75, 3.05) is 18.0 Å². The van der Waals surface area contributed by atoms with Crippen molar-refractivity contribution in [3.05, 3.63) is 54.5 Å². The highest BCUT2D eigenvalue weighted by molar-refractivity contribution is 5.84. The molecule has 30 heavy (non-hydrogen) atoms. The Morgan fingerprint density at radius 1 is 1.13 bits per heavy atom. The highest BCUT2D eigenvalue weighted by Crippen LogP contribution is 2.32. The van der Waals surface area contributed by atoms with Crippen LogP contribution in [0.3, 0.4) is 0 Å². The van der Waals surface area contributed by atoms with Gasteiger partial charge in [0.15, 0.2) is 0 Å². The first-order valence-corrected chi connectivity index (χ1v) is 10.3. The lowest BCUT2D eigenvalue weighted by Gasteiger charge is -2.25. The molecule has 0 unspecified atom stereocenters. The van der Waals surface area contributed by atoms with Gasteiger partial charge < -0.3 is 10.6 Å². The number of anilines is 1. The van der Waals surface area contributed by atoms with Crippen molar-refractivity contribution in [2.24, 2.45) is 11.7 Å². The van der Waals surface area contributed by atoms with Crippen LogP contribution in [0.15, 0.2) is 48.8 Å². The molecule has 1 saturated heterocycles. The molecular weight excluding hydrogens is 374 g/mol. The van der Waals surface area contributed by atoms with Crippen molar-refractivity contribution < 1.29 is 0 Å². The first-order chi connectivity index (χ1) is 14.6. The Morgan fingerprint density at radius 3 is 2.87 bits per heavy atom. The summed E-state index contributed by atoms with van der Waals surface area (Å²) in [6, 6.07) is 12.4. The molecule has 1 aliphatic heterocycles. The zero-order valence-electron chi connectivity index (χ0n) is 17.2. The number of nitrogens with zero attached hydrogens (tertiary/aromatic N) is 5. The number of nitrogens with two attached hydrogens (primary N) is 1. The largest absolute Gasteiger partial charge is 0.366 e. The van der Waals surface area contributed by atoms with Crippen LogP contribution >= 0.6 is 0 Å². The molecule has 0 saturated carbocycles. The fourth-order valence-corrected chi connectivity index (χ4v) is 4.35. The second-order valence-corrected chi connectivity index (χ2v) is 8.12. The van der Waals surface area contributed by atoms with Crippen LogP contribution in [0.1, 0.15) is 19.0 Å². The van der Waals surface area contributed by atoms with E-state index in [1.54, 1.807) is 0 Å². The van der Waals surface area contributed by atoms with Gasteiger partial charge in [-0.05, 0) is 49.6 Å². The van der Waals surface area contributed by atoms with E-state index in [1.807, 2.05) is 49.6 Å². The zero-order valence-corrected chi connectivity index (χ0v) is 17.2. The fraction of sp³-hybridized carbons (Fsp3) is 0.304. The number of hydrogen-bond donors (Lipinski definition) is 2. The van der Waals surface area contributed by atoms with Crippen LogP contribution in [0.5, 0.6) is 0 Å². The SMILES string of the molecule is Cc1cccc(-c2n[nH]cc2-c2ccc3ncc(N4C[C@H](C)C[C@H]4CN)cc3n2)n1. The summed E-state index contributed by atoms with van der Waals surface area (Å²) in [5, 5.41) is 7.40. The monoisotopic (exact) mass is 399 g/mol. The summed E-state index contributed by atoms with van der Waals surface area (Å²) in [5.74, 6) is 0.629. The smallest absolute Gasteiger partial charge is 0.120 e. The lowest BCUT2D eigenvalue weighted by Crippen LogP contribution is -2.35. The standard InChI is InChI=1S/C23H25N7/c1-14-8-16(10-24)30(13-14)17-9-22-20(25-11-17)7-6-19(28-22)18-12-26-29-23(18)21-5-3-4-15(2)27-21/h3-7,9,11-12,14,16H,8,10,13,24H2,1-2H3,(H,26,29)/t14-,16+/m1/s1. The summed E-state index contributed by atoms with van der Waals surface area (Å²) in [6.07, 6.45) is 4.92. The first-order valence-electron chi connectivity index (χ1n) is 10.3. The molecule has 0 aromatic carbocycles. The van der Waals surface area contributed by atoms with Crippen LogP contribution in [-0.4, -0.2) is 44.3 Å². The molecule has 0 radical (unpaired) electrons. The van der Waals surface area contributed by atoms with E-state index in [0.717, 1.165) is 58.0 Å². The lowest BCUT2D eigenvalue weighted by atomic mass is 10.1. The highest BCUT2D eigenvalue weighted by Gasteiger charge is 2.29. The third-order valence-electron chi connectivity index (χ3n) is 5.80. The van der Waals surface area contributed by atoms with E-state index < -0.39 is 0 Å². The number of aromatic amines is 1. The number of pyridine rings is 3. The molecule has 7 heteroatoms. The van der Waals surface area contributed by atoms with E-state index >= 15 is 0 Å². The summed E-state index contributed by atoms with van der Waals surface area (Å²) in [6.45, 7) is 5.90. The van der Waals surface area contributed by atoms with Crippen LogP contribution in [0.4, 0.5) is 5.69 Å². The minimum Gasteiger partial charge on any atom is -0.366 e. The van der Waals surface area contributed by atoms with Crippen LogP contribution in [0, 0.1) is 12.8 Å². The summed E-state index contributed by atoms with van der Waals surface area (Å²) in [4.78, 5) is 16.6. The van der Waals surface area contributed by atoms with E-state index in [0.29, 0.717) is 18.5 Å². The Kier molecular flexibility index (Phi) is 4.67. The Hall–Kier alpha value is -3.32. The molecule has 4 aromatic rings. The summed E-state index contributed by atoms with van der Waals surface area (Å²) in [5.41, 5.74) is 13.2. The van der Waals surface area contributed by atoms with Crippen LogP contribution in [0.2, 0.25) is 0 Å². The van der Waals surface area contributed by atoms with Crippen LogP contribution in [-0.2, 0) is 0 Å². The molecule has 0 spiro atoms. The van der Waals surface area contributed by atoms with Crippen molar-refractivity contribution in [3.63, 3.8) is 0 Å². The topological polar surface area (TPSA) is 96.6 Å². The number of aromatic nitrogens is 5. The molecule has 5 heterocycles. The highest BCUT2D eigenvalue weighted by atomic mass is 15.2. The van der Waals surface area contributed by atoms with Gasteiger partial charge in [0.1, 0.15) is 5.69 Å². The second-order valence-electron chi connectivity index (χ2n) is 8.12. The number of nitrogens with one attached hydrogen (secondary N) is 1. The van der Waals surface area contributed by atoms with E-state index in [-0.39, 0.29) is 0 Å². The van der Waals surface area contributed by atoms with Crippen molar-refractivity contribution in [2.45, 2.75) is 26.3 Å². The van der Waals surface area contributed by atoms with Gasteiger partial charge >= 0.3 is 0 Å². The number of fused-ring (bicyclic) bond motifs is 1. The van der Waals surface area contributed by atoms with Gasteiger partial charge in [-0.3, -0.25) is 15.1 Å². The number of H-pyrrole nitrogens is 1. The molecule has 152 valence electrons. The van der Waals surface area contributed by atoms with Crippen LogP contribution < -0.4 is 10.6 Å². The summed E-state index contributed by atoms with van der Waals surface area (Å²) < 4.78 is 0. The molecule has 0 bridgehead atoms. The van der Waals surface area contributed by atoms with Gasteiger partial charge in [-0.2, -0.15) is 5.10 Å². The van der Waals surface area contributed by atoms with Gasteiger partial charge in [0.2, 0.25) is 0 Å². The van der Waals surface area contributed by atoms with Crippen molar-refractivity contribution >= 4 is 16.7 Å². The molecule has 3 N–H and O–H groups in total. The molecule has 7 nitrogen and oxygen atoms in total. The molecular formula is C23H25N7. The molecule has 1 fully saturated rings. The van der Waals surface area contributed by atoms with Crippen LogP contribution in [0.25, 0.3) is 33.7 Å². The van der Waals surface area contributed by atoms with E-state index in [1.165, 1.54) is 0 Å². The maximum absolute atomic E-state index is 6.01. The average Bonchev–Trinajstić information content (AvgIpc) is 3.39. The molecule has 2 atom stereocenters. The first kappa shape index (κ1) is 18.7. The number of hydrogen-bond acceptors (Lipinski definition) is 6. The minimum absolute atomic E-state index is 0.357. The van der Waals surface area contributed by atoms with E-state index in [2.05, 4.69) is 38.1 Å². The molecule has 1 aliphatic rings. The molecule has 0 amide bonds. The zero-order chi connectivity index (χ0) is 20.7. The third kappa shape index (κ3) is 3.31. The molecule has 4 aromatic heterocycles. The minimum atomic E-state index is 0.357. The Labute approximate surface area is 175 Å². The van der Waals surface area contributed by atoms with Gasteiger partial charge in [-0.15, -0.1) is 0 Å². The number of aryl methyl sites for hydroxylation is 1. The van der Waals surface area contributed by atoms with E-state index in [4.69, 9.17) is 10.7 Å². The predicted octanol–water partition coefficient (Wildman–Crippen LogP) is 3.56. The third-order valence-corrected chi connectivity index (χ3v) is 5.80. The van der Waals surface area contributed by atoms with Crippen molar-refractivity contribution in [3.8, 4) is 22.6 Å². The Morgan fingerprint density at radius 2 is 2.03 bits per heavy atom. The second kappa shape index (κ2) is 7.50. The Bertz CT molecular complexity index is 1200. The molecule has 5 rings (SSSR count). The van der Waals surface area contributed by atoms with E-state index in [9.17, 15) is 0 Å². The lowest BCUT2D eigenvalue weighted by molar-refractivity contribution is 0.605. The van der Waals surface area contributed by atoms with Gasteiger partial charge in [0.05, 0.1) is 34.3 Å². The van der Waals surface area contributed by atoms with Gasteiger partial charge in [-0.1, -0.05) is 13.0 Å².